The van der Waals surface area contributed by atoms with Gasteiger partial charge in [-0.25, -0.2) is 4.39 Å². The summed E-state index contributed by atoms with van der Waals surface area (Å²) in [7, 11) is 0. The van der Waals surface area contributed by atoms with Crippen LogP contribution in [0.15, 0.2) is 24.3 Å². The number of hydrogen-bond acceptors (Lipinski definition) is 2. The SMILES string of the molecule is CC(C)CC(CNC(=O)c1ccc(F)cc1)CC(=O)O. The van der Waals surface area contributed by atoms with Crippen molar-refractivity contribution in [2.45, 2.75) is 26.7 Å². The Labute approximate surface area is 118 Å². The van der Waals surface area contributed by atoms with Crippen molar-refractivity contribution in [1.82, 2.24) is 5.32 Å². The standard InChI is InChI=1S/C15H20FNO3/c1-10(2)7-11(8-14(18)19)9-17-15(20)12-3-5-13(16)6-4-12/h3-6,10-11H,7-9H2,1-2H3,(H,17,20)(H,18,19). The molecule has 1 rings (SSSR count). The number of benzene rings is 1. The molecule has 5 heteroatoms. The maximum Gasteiger partial charge on any atom is 0.303 e. The molecule has 2 N–H and O–H groups in total. The second-order valence-corrected chi connectivity index (χ2v) is 5.31. The van der Waals surface area contributed by atoms with E-state index in [9.17, 15) is 14.0 Å². The van der Waals surface area contributed by atoms with Gasteiger partial charge < -0.3 is 10.4 Å². The molecule has 1 unspecified atom stereocenters. The fourth-order valence-corrected chi connectivity index (χ4v) is 2.09. The highest BCUT2D eigenvalue weighted by Gasteiger charge is 2.16. The first-order chi connectivity index (χ1) is 9.38. The molecule has 0 saturated heterocycles. The van der Waals surface area contributed by atoms with Gasteiger partial charge >= 0.3 is 5.97 Å². The minimum absolute atomic E-state index is 0.0296. The molecule has 1 amide bonds. The molecule has 110 valence electrons. The van der Waals surface area contributed by atoms with Gasteiger partial charge in [0.25, 0.3) is 5.91 Å². The lowest BCUT2D eigenvalue weighted by Gasteiger charge is -2.17. The van der Waals surface area contributed by atoms with Crippen molar-refractivity contribution in [3.05, 3.63) is 35.6 Å². The van der Waals surface area contributed by atoms with E-state index in [1.54, 1.807) is 0 Å². The molecule has 0 aromatic heterocycles. The van der Waals surface area contributed by atoms with Crippen molar-refractivity contribution in [3.8, 4) is 0 Å². The average Bonchev–Trinajstić information content (AvgIpc) is 2.35. The van der Waals surface area contributed by atoms with E-state index in [-0.39, 0.29) is 18.2 Å². The van der Waals surface area contributed by atoms with Crippen molar-refractivity contribution < 1.29 is 19.1 Å². The van der Waals surface area contributed by atoms with Crippen LogP contribution in [0.3, 0.4) is 0 Å². The zero-order chi connectivity index (χ0) is 15.1. The van der Waals surface area contributed by atoms with Crippen LogP contribution in [0.2, 0.25) is 0 Å². The molecule has 0 heterocycles. The number of halogens is 1. The maximum atomic E-state index is 12.8. The zero-order valence-electron chi connectivity index (χ0n) is 11.7. The number of hydrogen-bond donors (Lipinski definition) is 2. The van der Waals surface area contributed by atoms with Crippen molar-refractivity contribution in [3.63, 3.8) is 0 Å². The highest BCUT2D eigenvalue weighted by Crippen LogP contribution is 2.15. The molecule has 0 bridgehead atoms. The Bertz CT molecular complexity index is 457. The molecule has 0 spiro atoms. The van der Waals surface area contributed by atoms with Crippen LogP contribution in [0.5, 0.6) is 0 Å². The summed E-state index contributed by atoms with van der Waals surface area (Å²) >= 11 is 0. The topological polar surface area (TPSA) is 66.4 Å². The van der Waals surface area contributed by atoms with Crippen LogP contribution in [0, 0.1) is 17.7 Å². The van der Waals surface area contributed by atoms with E-state index in [2.05, 4.69) is 5.32 Å². The van der Waals surface area contributed by atoms with Crippen molar-refractivity contribution in [2.75, 3.05) is 6.54 Å². The fourth-order valence-electron chi connectivity index (χ4n) is 2.09. The summed E-state index contributed by atoms with van der Waals surface area (Å²) in [5, 5.41) is 11.6. The maximum absolute atomic E-state index is 12.8. The van der Waals surface area contributed by atoms with Crippen molar-refractivity contribution >= 4 is 11.9 Å². The Morgan fingerprint density at radius 1 is 1.25 bits per heavy atom. The van der Waals surface area contributed by atoms with E-state index < -0.39 is 11.8 Å². The minimum Gasteiger partial charge on any atom is -0.481 e. The summed E-state index contributed by atoms with van der Waals surface area (Å²) in [6.07, 6.45) is 0.762. The van der Waals surface area contributed by atoms with Gasteiger partial charge in [0.2, 0.25) is 0 Å². The third-order valence-corrected chi connectivity index (χ3v) is 2.93. The molecule has 0 aliphatic heterocycles. The lowest BCUT2D eigenvalue weighted by molar-refractivity contribution is -0.138. The molecule has 0 aliphatic carbocycles. The van der Waals surface area contributed by atoms with Crippen LogP contribution < -0.4 is 5.32 Å². The molecule has 4 nitrogen and oxygen atoms in total. The van der Waals surface area contributed by atoms with Crippen molar-refractivity contribution in [2.24, 2.45) is 11.8 Å². The molecular weight excluding hydrogens is 261 g/mol. The number of aliphatic carboxylic acids is 1. The lowest BCUT2D eigenvalue weighted by atomic mass is 9.94. The fraction of sp³-hybridized carbons (Fsp3) is 0.467. The predicted octanol–water partition coefficient (Wildman–Crippen LogP) is 2.69. The summed E-state index contributed by atoms with van der Waals surface area (Å²) in [6.45, 7) is 4.33. The smallest absolute Gasteiger partial charge is 0.303 e. The molecule has 0 aliphatic rings. The third kappa shape index (κ3) is 5.82. The molecule has 1 aromatic carbocycles. The predicted molar refractivity (Wildman–Crippen MR) is 73.9 cm³/mol. The van der Waals surface area contributed by atoms with Crippen LogP contribution in [0.25, 0.3) is 0 Å². The molecule has 1 atom stereocenters. The third-order valence-electron chi connectivity index (χ3n) is 2.93. The summed E-state index contributed by atoms with van der Waals surface area (Å²) < 4.78 is 12.8. The van der Waals surface area contributed by atoms with E-state index >= 15 is 0 Å². The number of carbonyl (C=O) groups excluding carboxylic acids is 1. The van der Waals surface area contributed by atoms with Crippen molar-refractivity contribution in [1.29, 1.82) is 0 Å². The van der Waals surface area contributed by atoms with E-state index in [0.29, 0.717) is 18.0 Å². The van der Waals surface area contributed by atoms with E-state index in [4.69, 9.17) is 5.11 Å². The first kappa shape index (κ1) is 16.1. The van der Waals surface area contributed by atoms with Crippen LogP contribution in [-0.2, 0) is 4.79 Å². The zero-order valence-corrected chi connectivity index (χ0v) is 11.7. The Hall–Kier alpha value is -1.91. The summed E-state index contributed by atoms with van der Waals surface area (Å²) in [5.41, 5.74) is 0.366. The summed E-state index contributed by atoms with van der Waals surface area (Å²) in [6, 6.07) is 5.24. The highest BCUT2D eigenvalue weighted by atomic mass is 19.1. The van der Waals surface area contributed by atoms with Gasteiger partial charge in [-0.15, -0.1) is 0 Å². The Balaban J connectivity index is 2.55. The number of rotatable bonds is 7. The van der Waals surface area contributed by atoms with E-state index in [1.807, 2.05) is 13.8 Å². The first-order valence-electron chi connectivity index (χ1n) is 6.64. The van der Waals surface area contributed by atoms with Gasteiger partial charge in [0, 0.05) is 18.5 Å². The molecule has 1 aromatic rings. The molecule has 0 saturated carbocycles. The quantitative estimate of drug-likeness (QED) is 0.807. The minimum atomic E-state index is -0.869. The number of nitrogens with one attached hydrogen (secondary N) is 1. The largest absolute Gasteiger partial charge is 0.481 e. The summed E-state index contributed by atoms with van der Waals surface area (Å²) in [5.74, 6) is -1.32. The van der Waals surface area contributed by atoms with Crippen LogP contribution in [-0.4, -0.2) is 23.5 Å². The Morgan fingerprint density at radius 2 is 1.85 bits per heavy atom. The van der Waals surface area contributed by atoms with Crippen LogP contribution >= 0.6 is 0 Å². The lowest BCUT2D eigenvalue weighted by Crippen LogP contribution is -2.31. The van der Waals surface area contributed by atoms with E-state index in [1.165, 1.54) is 24.3 Å². The van der Waals surface area contributed by atoms with Gasteiger partial charge in [0.05, 0.1) is 0 Å². The number of carboxylic acids is 1. The van der Waals surface area contributed by atoms with Crippen LogP contribution in [0.4, 0.5) is 4.39 Å². The van der Waals surface area contributed by atoms with Gasteiger partial charge in [0.15, 0.2) is 0 Å². The van der Waals surface area contributed by atoms with E-state index in [0.717, 1.165) is 6.42 Å². The molecule has 0 fully saturated rings. The van der Waals surface area contributed by atoms with Gasteiger partial charge in [-0.3, -0.25) is 9.59 Å². The second kappa shape index (κ2) is 7.62. The first-order valence-corrected chi connectivity index (χ1v) is 6.64. The molecule has 0 radical (unpaired) electrons. The Morgan fingerprint density at radius 3 is 2.35 bits per heavy atom. The number of amides is 1. The monoisotopic (exact) mass is 281 g/mol. The number of carboxylic acid groups (broad SMARTS) is 1. The van der Waals surface area contributed by atoms with Crippen LogP contribution in [0.1, 0.15) is 37.0 Å². The Kier molecular flexibility index (Phi) is 6.15. The highest BCUT2D eigenvalue weighted by molar-refractivity contribution is 5.94. The second-order valence-electron chi connectivity index (χ2n) is 5.31. The van der Waals surface area contributed by atoms with Gasteiger partial charge in [-0.2, -0.15) is 0 Å². The molecule has 20 heavy (non-hydrogen) atoms. The molecular formula is C15H20FNO3. The summed E-state index contributed by atoms with van der Waals surface area (Å²) in [4.78, 5) is 22.6. The normalized spacial score (nSPS) is 12.2. The van der Waals surface area contributed by atoms with Gasteiger partial charge in [-0.1, -0.05) is 13.8 Å². The average molecular weight is 281 g/mol. The van der Waals surface area contributed by atoms with Gasteiger partial charge in [-0.05, 0) is 42.5 Å². The number of carbonyl (C=O) groups is 2. The van der Waals surface area contributed by atoms with Gasteiger partial charge in [0.1, 0.15) is 5.82 Å².